The number of fused-ring (bicyclic) bond motifs is 1. The second-order valence-corrected chi connectivity index (χ2v) is 7.22. The third-order valence-corrected chi connectivity index (χ3v) is 5.40. The Morgan fingerprint density at radius 1 is 1.04 bits per heavy atom. The molecule has 2 aliphatic rings. The molecule has 2 aromatic carbocycles. The van der Waals surface area contributed by atoms with Crippen LogP contribution in [0.4, 0.5) is 0 Å². The van der Waals surface area contributed by atoms with Crippen LogP contribution in [0.5, 0.6) is 11.5 Å². The van der Waals surface area contributed by atoms with E-state index in [-0.39, 0.29) is 5.91 Å². The van der Waals surface area contributed by atoms with Crippen molar-refractivity contribution in [1.82, 2.24) is 9.80 Å². The van der Waals surface area contributed by atoms with E-state index in [9.17, 15) is 4.79 Å². The van der Waals surface area contributed by atoms with E-state index in [1.54, 1.807) is 7.11 Å². The van der Waals surface area contributed by atoms with E-state index in [4.69, 9.17) is 9.47 Å². The van der Waals surface area contributed by atoms with Gasteiger partial charge in [0.1, 0.15) is 11.5 Å². The maximum atomic E-state index is 12.6. The second-order valence-electron chi connectivity index (χ2n) is 7.22. The number of amides is 1. The van der Waals surface area contributed by atoms with E-state index in [1.807, 2.05) is 29.2 Å². The molecule has 27 heavy (non-hydrogen) atoms. The highest BCUT2D eigenvalue weighted by molar-refractivity contribution is 5.79. The van der Waals surface area contributed by atoms with Crippen LogP contribution in [0.3, 0.4) is 0 Å². The van der Waals surface area contributed by atoms with E-state index in [1.165, 1.54) is 11.1 Å². The number of methoxy groups -OCH3 is 1. The van der Waals surface area contributed by atoms with E-state index >= 15 is 0 Å². The van der Waals surface area contributed by atoms with Gasteiger partial charge in [0.15, 0.2) is 0 Å². The highest BCUT2D eigenvalue weighted by atomic mass is 16.5. The Labute approximate surface area is 160 Å². The first-order valence-corrected chi connectivity index (χ1v) is 9.59. The van der Waals surface area contributed by atoms with Crippen LogP contribution < -0.4 is 9.47 Å². The Morgan fingerprint density at radius 3 is 2.52 bits per heavy atom. The maximum absolute atomic E-state index is 12.6. The average molecular weight is 366 g/mol. The van der Waals surface area contributed by atoms with Crippen molar-refractivity contribution in [3.63, 3.8) is 0 Å². The van der Waals surface area contributed by atoms with Crippen molar-refractivity contribution >= 4 is 5.91 Å². The number of hydrogen-bond acceptors (Lipinski definition) is 4. The Bertz CT molecular complexity index is 796. The summed E-state index contributed by atoms with van der Waals surface area (Å²) in [5, 5.41) is 0. The van der Waals surface area contributed by atoms with Crippen LogP contribution in [0.15, 0.2) is 42.5 Å². The lowest BCUT2D eigenvalue weighted by molar-refractivity contribution is -0.132. The molecule has 1 amide bonds. The highest BCUT2D eigenvalue weighted by Crippen LogP contribution is 2.26. The first-order valence-electron chi connectivity index (χ1n) is 9.59. The average Bonchev–Trinajstić information content (AvgIpc) is 3.17. The quantitative estimate of drug-likeness (QED) is 0.816. The van der Waals surface area contributed by atoms with Crippen molar-refractivity contribution in [3.8, 4) is 11.5 Å². The normalized spacial score (nSPS) is 16.7. The van der Waals surface area contributed by atoms with Gasteiger partial charge in [0.05, 0.1) is 20.1 Å². The van der Waals surface area contributed by atoms with E-state index in [2.05, 4.69) is 23.1 Å². The molecule has 2 heterocycles. The van der Waals surface area contributed by atoms with Gasteiger partial charge in [-0.15, -0.1) is 0 Å². The number of carbonyl (C=O) groups is 1. The summed E-state index contributed by atoms with van der Waals surface area (Å²) < 4.78 is 10.7. The summed E-state index contributed by atoms with van der Waals surface area (Å²) >= 11 is 0. The number of hydrogen-bond donors (Lipinski definition) is 0. The number of piperazine rings is 1. The zero-order valence-electron chi connectivity index (χ0n) is 15.8. The molecule has 1 saturated heterocycles. The molecule has 4 rings (SSSR count). The molecule has 142 valence electrons. The number of benzene rings is 2. The number of carbonyl (C=O) groups excluding carboxylic acids is 1. The van der Waals surface area contributed by atoms with Gasteiger partial charge in [0.25, 0.3) is 0 Å². The molecule has 0 saturated carbocycles. The number of nitrogens with zero attached hydrogens (tertiary/aromatic N) is 2. The van der Waals surface area contributed by atoms with Crippen LogP contribution in [0, 0.1) is 0 Å². The molecule has 1 fully saturated rings. The second kappa shape index (κ2) is 8.01. The van der Waals surface area contributed by atoms with Crippen LogP contribution >= 0.6 is 0 Å². The minimum absolute atomic E-state index is 0.203. The van der Waals surface area contributed by atoms with Gasteiger partial charge in [-0.2, -0.15) is 0 Å². The number of rotatable bonds is 5. The van der Waals surface area contributed by atoms with Crippen molar-refractivity contribution in [2.75, 3.05) is 39.9 Å². The maximum Gasteiger partial charge on any atom is 0.227 e. The Balaban J connectivity index is 1.27. The number of ether oxygens (including phenoxy) is 2. The lowest BCUT2D eigenvalue weighted by atomic mass is 10.1. The molecular formula is C22H26N2O3. The zero-order valence-corrected chi connectivity index (χ0v) is 15.8. The Kier molecular flexibility index (Phi) is 5.30. The lowest BCUT2D eigenvalue weighted by Crippen LogP contribution is -2.48. The zero-order chi connectivity index (χ0) is 18.6. The molecule has 0 bridgehead atoms. The van der Waals surface area contributed by atoms with E-state index in [0.717, 1.165) is 62.8 Å². The summed E-state index contributed by atoms with van der Waals surface area (Å²) in [6.45, 7) is 5.16. The molecule has 0 aromatic heterocycles. The van der Waals surface area contributed by atoms with Gasteiger partial charge in [-0.05, 0) is 34.9 Å². The fraction of sp³-hybridized carbons (Fsp3) is 0.409. The highest BCUT2D eigenvalue weighted by Gasteiger charge is 2.22. The predicted molar refractivity (Wildman–Crippen MR) is 104 cm³/mol. The lowest BCUT2D eigenvalue weighted by Gasteiger charge is -2.35. The van der Waals surface area contributed by atoms with Gasteiger partial charge in [-0.1, -0.05) is 24.3 Å². The van der Waals surface area contributed by atoms with Gasteiger partial charge >= 0.3 is 0 Å². The van der Waals surface area contributed by atoms with Crippen LogP contribution in [-0.2, 0) is 24.2 Å². The minimum atomic E-state index is 0.203. The van der Waals surface area contributed by atoms with Gasteiger partial charge in [0.2, 0.25) is 5.91 Å². The molecule has 5 heteroatoms. The third kappa shape index (κ3) is 4.25. The van der Waals surface area contributed by atoms with Crippen molar-refractivity contribution in [2.45, 2.75) is 19.4 Å². The summed E-state index contributed by atoms with van der Waals surface area (Å²) in [6.07, 6.45) is 1.46. The fourth-order valence-electron chi connectivity index (χ4n) is 3.78. The van der Waals surface area contributed by atoms with Crippen molar-refractivity contribution in [3.05, 3.63) is 59.2 Å². The van der Waals surface area contributed by atoms with Gasteiger partial charge in [-0.3, -0.25) is 9.69 Å². The van der Waals surface area contributed by atoms with Crippen LogP contribution in [0.1, 0.15) is 16.7 Å². The first-order chi connectivity index (χ1) is 13.2. The molecular weight excluding hydrogens is 340 g/mol. The molecule has 0 spiro atoms. The molecule has 5 nitrogen and oxygen atoms in total. The molecule has 2 aliphatic heterocycles. The van der Waals surface area contributed by atoms with Crippen LogP contribution in [0.25, 0.3) is 0 Å². The summed E-state index contributed by atoms with van der Waals surface area (Å²) in [4.78, 5) is 17.0. The summed E-state index contributed by atoms with van der Waals surface area (Å²) in [5.41, 5.74) is 3.68. The monoisotopic (exact) mass is 366 g/mol. The summed E-state index contributed by atoms with van der Waals surface area (Å²) in [7, 11) is 1.65. The molecule has 0 radical (unpaired) electrons. The SMILES string of the molecule is COc1ccc(CC(=O)N2CCN(Cc3ccc4c(c3)CCO4)CC2)cc1. The Hall–Kier alpha value is -2.53. The summed E-state index contributed by atoms with van der Waals surface area (Å²) in [5.74, 6) is 2.06. The minimum Gasteiger partial charge on any atom is -0.497 e. The van der Waals surface area contributed by atoms with Crippen molar-refractivity contribution in [1.29, 1.82) is 0 Å². The fourth-order valence-corrected chi connectivity index (χ4v) is 3.78. The van der Waals surface area contributed by atoms with Gasteiger partial charge < -0.3 is 14.4 Å². The van der Waals surface area contributed by atoms with E-state index < -0.39 is 0 Å². The molecule has 0 aliphatic carbocycles. The van der Waals surface area contributed by atoms with Gasteiger partial charge in [0, 0.05) is 39.1 Å². The van der Waals surface area contributed by atoms with E-state index in [0.29, 0.717) is 6.42 Å². The molecule has 2 aromatic rings. The topological polar surface area (TPSA) is 42.0 Å². The molecule has 0 unspecified atom stereocenters. The van der Waals surface area contributed by atoms with Crippen LogP contribution in [-0.4, -0.2) is 55.6 Å². The van der Waals surface area contributed by atoms with Crippen LogP contribution in [0.2, 0.25) is 0 Å². The smallest absolute Gasteiger partial charge is 0.227 e. The predicted octanol–water partition coefficient (Wildman–Crippen LogP) is 2.52. The molecule has 0 N–H and O–H groups in total. The van der Waals surface area contributed by atoms with Crippen molar-refractivity contribution < 1.29 is 14.3 Å². The Morgan fingerprint density at radius 2 is 1.78 bits per heavy atom. The van der Waals surface area contributed by atoms with Crippen molar-refractivity contribution in [2.24, 2.45) is 0 Å². The molecule has 0 atom stereocenters. The summed E-state index contributed by atoms with van der Waals surface area (Å²) in [6, 6.07) is 14.3. The largest absolute Gasteiger partial charge is 0.497 e. The standard InChI is InChI=1S/C22H26N2O3/c1-26-20-5-2-17(3-6-20)15-22(25)24-11-9-23(10-12-24)16-18-4-7-21-19(14-18)8-13-27-21/h2-7,14H,8-13,15-16H2,1H3. The first kappa shape index (κ1) is 17.9. The van der Waals surface area contributed by atoms with Gasteiger partial charge in [-0.25, -0.2) is 0 Å². The third-order valence-electron chi connectivity index (χ3n) is 5.40.